The van der Waals surface area contributed by atoms with Crippen molar-refractivity contribution in [2.45, 2.75) is 19.4 Å². The molecule has 0 radical (unpaired) electrons. The first kappa shape index (κ1) is 11.3. The number of rotatable bonds is 2. The van der Waals surface area contributed by atoms with Gasteiger partial charge in [-0.15, -0.1) is 0 Å². The molecule has 0 amide bonds. The van der Waals surface area contributed by atoms with E-state index in [-0.39, 0.29) is 12.0 Å². The highest BCUT2D eigenvalue weighted by atomic mass is 16.4. The number of fused-ring (bicyclic) bond motifs is 1. The quantitative estimate of drug-likeness (QED) is 0.789. The van der Waals surface area contributed by atoms with Gasteiger partial charge in [0.1, 0.15) is 5.52 Å². The van der Waals surface area contributed by atoms with E-state index in [0.717, 1.165) is 19.5 Å². The van der Waals surface area contributed by atoms with Crippen LogP contribution in [-0.2, 0) is 0 Å². The van der Waals surface area contributed by atoms with Gasteiger partial charge >= 0.3 is 0 Å². The number of aromatic nitrogens is 1. The predicted molar refractivity (Wildman–Crippen MR) is 70.4 cm³/mol. The van der Waals surface area contributed by atoms with E-state index in [1.807, 2.05) is 25.1 Å². The van der Waals surface area contributed by atoms with Crippen molar-refractivity contribution in [3.8, 4) is 0 Å². The summed E-state index contributed by atoms with van der Waals surface area (Å²) < 4.78 is 5.71. The Hall–Kier alpha value is -1.75. The second-order valence-corrected chi connectivity index (χ2v) is 4.93. The molecule has 2 atom stereocenters. The van der Waals surface area contributed by atoms with Gasteiger partial charge in [0, 0.05) is 19.0 Å². The van der Waals surface area contributed by atoms with Crippen molar-refractivity contribution in [3.63, 3.8) is 0 Å². The Morgan fingerprint density at radius 2 is 2.39 bits per heavy atom. The Balaban J connectivity index is 1.89. The van der Waals surface area contributed by atoms with Crippen LogP contribution >= 0.6 is 0 Å². The first-order valence-electron chi connectivity index (χ1n) is 6.23. The van der Waals surface area contributed by atoms with Crippen molar-refractivity contribution in [1.29, 1.82) is 0 Å². The van der Waals surface area contributed by atoms with E-state index in [0.29, 0.717) is 22.8 Å². The number of aliphatic hydroxyl groups is 1. The zero-order chi connectivity index (χ0) is 12.7. The summed E-state index contributed by atoms with van der Waals surface area (Å²) in [5, 5.41) is 9.60. The molecule has 1 aromatic heterocycles. The third-order valence-electron chi connectivity index (χ3n) is 3.62. The van der Waals surface area contributed by atoms with Crippen LogP contribution < -0.4 is 10.6 Å². The predicted octanol–water partition coefficient (Wildman–Crippen LogP) is 1.62. The average Bonchev–Trinajstić information content (AvgIpc) is 2.95. The summed E-state index contributed by atoms with van der Waals surface area (Å²) in [5.74, 6) is 0.289. The molecule has 1 aliphatic heterocycles. The Kier molecular flexibility index (Phi) is 2.63. The zero-order valence-electron chi connectivity index (χ0n) is 10.3. The van der Waals surface area contributed by atoms with Gasteiger partial charge in [-0.3, -0.25) is 0 Å². The van der Waals surface area contributed by atoms with Crippen LogP contribution in [0.5, 0.6) is 0 Å². The lowest BCUT2D eigenvalue weighted by Gasteiger charge is -2.15. The molecule has 0 bridgehead atoms. The van der Waals surface area contributed by atoms with Gasteiger partial charge < -0.3 is 20.2 Å². The van der Waals surface area contributed by atoms with Crippen LogP contribution in [0.3, 0.4) is 0 Å². The van der Waals surface area contributed by atoms with Crippen LogP contribution in [0.1, 0.15) is 13.3 Å². The number of nitrogens with zero attached hydrogens (tertiary/aromatic N) is 2. The number of oxazole rings is 1. The summed E-state index contributed by atoms with van der Waals surface area (Å²) in [6.45, 7) is 3.48. The van der Waals surface area contributed by atoms with Gasteiger partial charge in [0.25, 0.3) is 6.01 Å². The van der Waals surface area contributed by atoms with Crippen LogP contribution in [0, 0.1) is 5.92 Å². The SMILES string of the molecule is CC(O)C1CCN(c2nc3c(N)cccc3o2)C1. The molecule has 1 aromatic carbocycles. The first-order valence-corrected chi connectivity index (χ1v) is 6.23. The van der Waals surface area contributed by atoms with Crippen molar-refractivity contribution in [1.82, 2.24) is 4.98 Å². The van der Waals surface area contributed by atoms with Crippen LogP contribution in [-0.4, -0.2) is 29.3 Å². The van der Waals surface area contributed by atoms with Crippen molar-refractivity contribution < 1.29 is 9.52 Å². The third-order valence-corrected chi connectivity index (χ3v) is 3.62. The van der Waals surface area contributed by atoms with Crippen molar-refractivity contribution in [2.75, 3.05) is 23.7 Å². The molecule has 3 N–H and O–H groups in total. The van der Waals surface area contributed by atoms with Gasteiger partial charge in [-0.2, -0.15) is 4.98 Å². The topological polar surface area (TPSA) is 75.5 Å². The average molecular weight is 247 g/mol. The zero-order valence-corrected chi connectivity index (χ0v) is 10.3. The van der Waals surface area contributed by atoms with Gasteiger partial charge in [0.05, 0.1) is 11.8 Å². The van der Waals surface area contributed by atoms with Gasteiger partial charge in [-0.1, -0.05) is 6.07 Å². The fraction of sp³-hybridized carbons (Fsp3) is 0.462. The number of aliphatic hydroxyl groups excluding tert-OH is 1. The largest absolute Gasteiger partial charge is 0.423 e. The maximum Gasteiger partial charge on any atom is 0.298 e. The molecule has 5 heteroatoms. The number of para-hydroxylation sites is 1. The van der Waals surface area contributed by atoms with E-state index in [1.165, 1.54) is 0 Å². The van der Waals surface area contributed by atoms with E-state index in [2.05, 4.69) is 9.88 Å². The highest BCUT2D eigenvalue weighted by Crippen LogP contribution is 2.30. The standard InChI is InChI=1S/C13H17N3O2/c1-8(17)9-5-6-16(7-9)13-15-12-10(14)3-2-4-11(12)18-13/h2-4,8-9,17H,5-7,14H2,1H3. The van der Waals surface area contributed by atoms with E-state index in [4.69, 9.17) is 10.2 Å². The summed E-state index contributed by atoms with van der Waals surface area (Å²) in [4.78, 5) is 6.51. The molecule has 1 aliphatic rings. The Labute approximate surface area is 105 Å². The highest BCUT2D eigenvalue weighted by Gasteiger charge is 2.28. The molecule has 3 rings (SSSR count). The molecule has 2 heterocycles. The minimum absolute atomic E-state index is 0.288. The molecular weight excluding hydrogens is 230 g/mol. The van der Waals surface area contributed by atoms with Crippen LogP contribution in [0.25, 0.3) is 11.1 Å². The van der Waals surface area contributed by atoms with E-state index >= 15 is 0 Å². The molecule has 1 saturated heterocycles. The van der Waals surface area contributed by atoms with Crippen LogP contribution in [0.2, 0.25) is 0 Å². The maximum atomic E-state index is 9.60. The maximum absolute atomic E-state index is 9.60. The molecule has 18 heavy (non-hydrogen) atoms. The lowest BCUT2D eigenvalue weighted by atomic mass is 10.0. The molecule has 0 aliphatic carbocycles. The van der Waals surface area contributed by atoms with Gasteiger partial charge in [-0.05, 0) is 25.5 Å². The summed E-state index contributed by atoms with van der Waals surface area (Å²) in [6.07, 6.45) is 0.677. The van der Waals surface area contributed by atoms with Crippen LogP contribution in [0.15, 0.2) is 22.6 Å². The molecule has 2 unspecified atom stereocenters. The van der Waals surface area contributed by atoms with E-state index in [9.17, 15) is 5.11 Å². The fourth-order valence-corrected chi connectivity index (χ4v) is 2.45. The summed E-state index contributed by atoms with van der Waals surface area (Å²) in [6, 6.07) is 6.14. The Morgan fingerprint density at radius 3 is 3.06 bits per heavy atom. The minimum Gasteiger partial charge on any atom is -0.423 e. The van der Waals surface area contributed by atoms with Crippen molar-refractivity contribution >= 4 is 22.8 Å². The molecular formula is C13H17N3O2. The first-order chi connectivity index (χ1) is 8.65. The van der Waals surface area contributed by atoms with E-state index < -0.39 is 0 Å². The normalized spacial score (nSPS) is 21.7. The van der Waals surface area contributed by atoms with Crippen molar-refractivity contribution in [3.05, 3.63) is 18.2 Å². The van der Waals surface area contributed by atoms with Gasteiger partial charge in [0.15, 0.2) is 5.58 Å². The summed E-state index contributed by atoms with van der Waals surface area (Å²) in [7, 11) is 0. The molecule has 96 valence electrons. The van der Waals surface area contributed by atoms with Gasteiger partial charge in [-0.25, -0.2) is 0 Å². The number of nitrogens with two attached hydrogens (primary N) is 1. The molecule has 1 fully saturated rings. The monoisotopic (exact) mass is 247 g/mol. The highest BCUT2D eigenvalue weighted by molar-refractivity contribution is 5.86. The Bertz CT molecular complexity index is 564. The van der Waals surface area contributed by atoms with E-state index in [1.54, 1.807) is 0 Å². The second kappa shape index (κ2) is 4.17. The molecule has 0 spiro atoms. The number of anilines is 2. The summed E-state index contributed by atoms with van der Waals surface area (Å²) in [5.41, 5.74) is 7.93. The Morgan fingerprint density at radius 1 is 1.56 bits per heavy atom. The second-order valence-electron chi connectivity index (χ2n) is 4.93. The fourth-order valence-electron chi connectivity index (χ4n) is 2.45. The summed E-state index contributed by atoms with van der Waals surface area (Å²) >= 11 is 0. The van der Waals surface area contributed by atoms with Crippen molar-refractivity contribution in [2.24, 2.45) is 5.92 Å². The lowest BCUT2D eigenvalue weighted by molar-refractivity contribution is 0.136. The molecule has 5 nitrogen and oxygen atoms in total. The van der Waals surface area contributed by atoms with Gasteiger partial charge in [0.2, 0.25) is 0 Å². The van der Waals surface area contributed by atoms with Crippen LogP contribution in [0.4, 0.5) is 11.7 Å². The number of nitrogen functional groups attached to an aromatic ring is 1. The lowest BCUT2D eigenvalue weighted by Crippen LogP contribution is -2.24. The number of hydrogen-bond donors (Lipinski definition) is 2. The number of hydrogen-bond acceptors (Lipinski definition) is 5. The molecule has 0 saturated carbocycles. The minimum atomic E-state index is -0.288. The third kappa shape index (κ3) is 1.80. The smallest absolute Gasteiger partial charge is 0.298 e. The number of benzene rings is 1. The molecule has 2 aromatic rings.